The Kier molecular flexibility index (Phi) is 7.72. The standard InChI is InChI=1S/C22H18ClF3N6OS2/c1-2-13-3-6-15(7-4-13)32-21(29-30-31-32)34-12-19(33)28-20-27-11-16(35-20)9-14-5-8-18(23)17(10-14)22(24,25)26/h3-8,10-11H,2,9,12H2,1H3,(H,27,28,33). The molecule has 4 aromatic rings. The van der Waals surface area contributed by atoms with Crippen LogP contribution in [0.5, 0.6) is 0 Å². The van der Waals surface area contributed by atoms with Crippen LogP contribution >= 0.6 is 34.7 Å². The van der Waals surface area contributed by atoms with Gasteiger partial charge in [0.05, 0.1) is 22.0 Å². The number of anilines is 1. The highest BCUT2D eigenvalue weighted by Crippen LogP contribution is 2.35. The number of nitrogens with one attached hydrogen (secondary N) is 1. The normalized spacial score (nSPS) is 11.6. The van der Waals surface area contributed by atoms with Crippen molar-refractivity contribution in [3.05, 3.63) is 75.3 Å². The Labute approximate surface area is 211 Å². The maximum atomic E-state index is 13.1. The number of alkyl halides is 3. The molecule has 13 heteroatoms. The van der Waals surface area contributed by atoms with Crippen LogP contribution in [0.3, 0.4) is 0 Å². The SMILES string of the molecule is CCc1ccc(-n2nnnc2SCC(=O)Nc2ncc(Cc3ccc(Cl)c(C(F)(F)F)c3)s2)cc1. The Morgan fingerprint density at radius 1 is 1.17 bits per heavy atom. The van der Waals surface area contributed by atoms with Crippen LogP contribution in [0.15, 0.2) is 53.8 Å². The van der Waals surface area contributed by atoms with Gasteiger partial charge in [0.2, 0.25) is 11.1 Å². The molecule has 0 spiro atoms. The van der Waals surface area contributed by atoms with Crippen molar-refractivity contribution in [3.8, 4) is 5.69 Å². The molecule has 0 saturated carbocycles. The van der Waals surface area contributed by atoms with E-state index in [1.807, 2.05) is 24.3 Å². The van der Waals surface area contributed by atoms with Crippen molar-refractivity contribution in [2.45, 2.75) is 31.1 Å². The second kappa shape index (κ2) is 10.8. The zero-order valence-corrected chi connectivity index (χ0v) is 20.6. The number of halogens is 4. The van der Waals surface area contributed by atoms with Crippen molar-refractivity contribution in [2.24, 2.45) is 0 Å². The zero-order valence-electron chi connectivity index (χ0n) is 18.2. The van der Waals surface area contributed by atoms with Gasteiger partial charge in [0.25, 0.3) is 0 Å². The average molecular weight is 539 g/mol. The molecule has 35 heavy (non-hydrogen) atoms. The number of thiazole rings is 1. The van der Waals surface area contributed by atoms with E-state index in [9.17, 15) is 18.0 Å². The van der Waals surface area contributed by atoms with E-state index < -0.39 is 11.7 Å². The molecule has 1 N–H and O–H groups in total. The summed E-state index contributed by atoms with van der Waals surface area (Å²) in [5.74, 6) is -0.258. The summed E-state index contributed by atoms with van der Waals surface area (Å²) in [5, 5.41) is 14.8. The summed E-state index contributed by atoms with van der Waals surface area (Å²) in [6.45, 7) is 2.07. The van der Waals surface area contributed by atoms with Gasteiger partial charge in [0.15, 0.2) is 5.13 Å². The highest BCUT2D eigenvalue weighted by molar-refractivity contribution is 7.99. The van der Waals surface area contributed by atoms with Crippen molar-refractivity contribution in [2.75, 3.05) is 11.1 Å². The summed E-state index contributed by atoms with van der Waals surface area (Å²) in [6, 6.07) is 11.6. The number of benzene rings is 2. The fourth-order valence-corrected chi connectivity index (χ4v) is 4.92. The van der Waals surface area contributed by atoms with Crippen LogP contribution in [0.2, 0.25) is 5.02 Å². The number of thioether (sulfide) groups is 1. The van der Waals surface area contributed by atoms with Gasteiger partial charge in [0, 0.05) is 17.5 Å². The molecule has 0 unspecified atom stereocenters. The Bertz CT molecular complexity index is 1320. The number of carbonyl (C=O) groups is 1. The molecule has 4 rings (SSSR count). The van der Waals surface area contributed by atoms with Crippen LogP contribution in [0, 0.1) is 0 Å². The molecule has 7 nitrogen and oxygen atoms in total. The quantitative estimate of drug-likeness (QED) is 0.291. The molecule has 2 aromatic heterocycles. The van der Waals surface area contributed by atoms with Crippen LogP contribution < -0.4 is 5.32 Å². The van der Waals surface area contributed by atoms with Gasteiger partial charge in [-0.05, 0) is 52.2 Å². The summed E-state index contributed by atoms with van der Waals surface area (Å²) < 4.78 is 40.8. The molecule has 182 valence electrons. The minimum atomic E-state index is -4.53. The van der Waals surface area contributed by atoms with Crippen molar-refractivity contribution >= 4 is 45.7 Å². The molecule has 0 aliphatic carbocycles. The van der Waals surface area contributed by atoms with E-state index in [2.05, 4.69) is 32.7 Å². The van der Waals surface area contributed by atoms with Gasteiger partial charge >= 0.3 is 6.18 Å². The Morgan fingerprint density at radius 3 is 2.63 bits per heavy atom. The first-order valence-corrected chi connectivity index (χ1v) is 12.5. The van der Waals surface area contributed by atoms with E-state index in [0.717, 1.165) is 18.2 Å². The number of aromatic nitrogens is 5. The summed E-state index contributed by atoms with van der Waals surface area (Å²) >= 11 is 8.04. The van der Waals surface area contributed by atoms with E-state index >= 15 is 0 Å². The number of rotatable bonds is 8. The lowest BCUT2D eigenvalue weighted by Gasteiger charge is -2.10. The number of tetrazole rings is 1. The summed E-state index contributed by atoms with van der Waals surface area (Å²) in [5.41, 5.74) is 1.54. The second-order valence-corrected chi connectivity index (χ2v) is 9.82. The van der Waals surface area contributed by atoms with Gasteiger partial charge < -0.3 is 5.32 Å². The van der Waals surface area contributed by atoms with Crippen molar-refractivity contribution in [1.82, 2.24) is 25.2 Å². The number of nitrogens with zero attached hydrogens (tertiary/aromatic N) is 5. The molecule has 0 saturated heterocycles. The third-order valence-electron chi connectivity index (χ3n) is 4.88. The van der Waals surface area contributed by atoms with Crippen LogP contribution in [0.4, 0.5) is 18.3 Å². The molecular formula is C22H18ClF3N6OS2. The van der Waals surface area contributed by atoms with E-state index in [0.29, 0.717) is 20.7 Å². The van der Waals surface area contributed by atoms with E-state index in [1.54, 1.807) is 4.68 Å². The summed E-state index contributed by atoms with van der Waals surface area (Å²) in [6.07, 6.45) is -1.86. The molecule has 0 bridgehead atoms. The molecular weight excluding hydrogens is 521 g/mol. The Morgan fingerprint density at radius 2 is 1.91 bits per heavy atom. The van der Waals surface area contributed by atoms with E-state index in [1.165, 1.54) is 47.0 Å². The fraction of sp³-hybridized carbons (Fsp3) is 0.227. The predicted octanol–water partition coefficient (Wildman–Crippen LogP) is 5.68. The first kappa shape index (κ1) is 25.1. The molecule has 0 atom stereocenters. The first-order chi connectivity index (χ1) is 16.7. The largest absolute Gasteiger partial charge is 0.417 e. The molecule has 1 amide bonds. The third kappa shape index (κ3) is 6.38. The molecule has 2 heterocycles. The summed E-state index contributed by atoms with van der Waals surface area (Å²) in [4.78, 5) is 17.3. The lowest BCUT2D eigenvalue weighted by atomic mass is 10.1. The lowest BCUT2D eigenvalue weighted by molar-refractivity contribution is -0.137. The van der Waals surface area contributed by atoms with E-state index in [4.69, 9.17) is 11.6 Å². The lowest BCUT2D eigenvalue weighted by Crippen LogP contribution is -2.14. The number of hydrogen-bond acceptors (Lipinski definition) is 7. The minimum absolute atomic E-state index is 0.0501. The van der Waals surface area contributed by atoms with Crippen LogP contribution in [-0.4, -0.2) is 36.9 Å². The number of amides is 1. The molecule has 0 radical (unpaired) electrons. The predicted molar refractivity (Wildman–Crippen MR) is 129 cm³/mol. The number of carbonyl (C=O) groups excluding carboxylic acids is 1. The van der Waals surface area contributed by atoms with Gasteiger partial charge in [-0.2, -0.15) is 17.9 Å². The average Bonchev–Trinajstić information content (AvgIpc) is 3.47. The van der Waals surface area contributed by atoms with Gasteiger partial charge in [-0.15, -0.1) is 16.4 Å². The van der Waals surface area contributed by atoms with Gasteiger partial charge in [-0.1, -0.05) is 48.5 Å². The summed E-state index contributed by atoms with van der Waals surface area (Å²) in [7, 11) is 0. The number of hydrogen-bond donors (Lipinski definition) is 1. The fourth-order valence-electron chi connectivity index (χ4n) is 3.14. The topological polar surface area (TPSA) is 85.6 Å². The highest BCUT2D eigenvalue weighted by Gasteiger charge is 2.33. The second-order valence-electron chi connectivity index (χ2n) is 7.35. The third-order valence-corrected chi connectivity index (χ3v) is 7.04. The molecule has 2 aromatic carbocycles. The van der Waals surface area contributed by atoms with Crippen LogP contribution in [0.25, 0.3) is 5.69 Å². The van der Waals surface area contributed by atoms with Crippen LogP contribution in [0.1, 0.15) is 28.5 Å². The Hall–Kier alpha value is -2.96. The van der Waals surface area contributed by atoms with Crippen molar-refractivity contribution < 1.29 is 18.0 Å². The van der Waals surface area contributed by atoms with Crippen molar-refractivity contribution in [1.29, 1.82) is 0 Å². The maximum Gasteiger partial charge on any atom is 0.417 e. The van der Waals surface area contributed by atoms with Crippen LogP contribution in [-0.2, 0) is 23.8 Å². The molecule has 0 aliphatic heterocycles. The monoisotopic (exact) mass is 538 g/mol. The van der Waals surface area contributed by atoms with Gasteiger partial charge in [-0.3, -0.25) is 4.79 Å². The van der Waals surface area contributed by atoms with Gasteiger partial charge in [0.1, 0.15) is 0 Å². The minimum Gasteiger partial charge on any atom is -0.301 e. The highest BCUT2D eigenvalue weighted by atomic mass is 35.5. The zero-order chi connectivity index (χ0) is 25.0. The maximum absolute atomic E-state index is 13.1. The smallest absolute Gasteiger partial charge is 0.301 e. The molecule has 0 aliphatic rings. The van der Waals surface area contributed by atoms with E-state index in [-0.39, 0.29) is 23.1 Å². The first-order valence-electron chi connectivity index (χ1n) is 10.3. The molecule has 0 fully saturated rings. The van der Waals surface area contributed by atoms with Crippen molar-refractivity contribution in [3.63, 3.8) is 0 Å². The van der Waals surface area contributed by atoms with Gasteiger partial charge in [-0.25, -0.2) is 4.98 Å². The number of aryl methyl sites for hydroxylation is 1. The Balaban J connectivity index is 1.35.